The summed E-state index contributed by atoms with van der Waals surface area (Å²) in [7, 11) is 0. The van der Waals surface area contributed by atoms with Crippen molar-refractivity contribution in [1.82, 2.24) is 0 Å². The van der Waals surface area contributed by atoms with Crippen molar-refractivity contribution in [2.45, 2.75) is 33.1 Å². The van der Waals surface area contributed by atoms with Gasteiger partial charge in [-0.3, -0.25) is 0 Å². The van der Waals surface area contributed by atoms with E-state index in [9.17, 15) is 10.2 Å². The number of aromatic hydroxyl groups is 1. The van der Waals surface area contributed by atoms with Gasteiger partial charge in [0.25, 0.3) is 0 Å². The predicted octanol–water partition coefficient (Wildman–Crippen LogP) is 2.73. The van der Waals surface area contributed by atoms with Crippen LogP contribution in [-0.4, -0.2) is 16.8 Å². The van der Waals surface area contributed by atoms with Crippen molar-refractivity contribution in [1.29, 1.82) is 0 Å². The van der Waals surface area contributed by atoms with E-state index in [1.165, 1.54) is 0 Å². The van der Waals surface area contributed by atoms with Crippen LogP contribution < -0.4 is 0 Å². The minimum atomic E-state index is -0.0669. The Balaban J connectivity index is 2.74. The number of hydrogen-bond acceptors (Lipinski definition) is 2. The van der Waals surface area contributed by atoms with Crippen LogP contribution >= 0.6 is 0 Å². The minimum Gasteiger partial charge on any atom is -0.508 e. The Morgan fingerprint density at radius 2 is 2.07 bits per heavy atom. The van der Waals surface area contributed by atoms with Gasteiger partial charge in [-0.15, -0.1) is 0 Å². The van der Waals surface area contributed by atoms with Gasteiger partial charge in [0.05, 0.1) is 0 Å². The molecule has 0 amide bonds. The molecular weight excluding hydrogens is 188 g/mol. The highest BCUT2D eigenvalue weighted by Gasteiger charge is 2.22. The zero-order chi connectivity index (χ0) is 11.3. The Bertz CT molecular complexity index is 309. The number of aliphatic hydroxyl groups excluding tert-OH is 1. The van der Waals surface area contributed by atoms with Crippen LogP contribution in [0, 0.1) is 5.41 Å². The molecule has 0 aromatic heterocycles. The molecule has 0 heterocycles. The quantitative estimate of drug-likeness (QED) is 0.781. The van der Waals surface area contributed by atoms with Gasteiger partial charge >= 0.3 is 0 Å². The van der Waals surface area contributed by atoms with E-state index in [4.69, 9.17) is 0 Å². The molecule has 0 bridgehead atoms. The van der Waals surface area contributed by atoms with E-state index < -0.39 is 0 Å². The number of hydrogen-bond donors (Lipinski definition) is 2. The molecule has 0 fully saturated rings. The molecule has 2 heteroatoms. The number of rotatable bonds is 5. The lowest BCUT2D eigenvalue weighted by atomic mass is 9.80. The van der Waals surface area contributed by atoms with E-state index in [1.54, 1.807) is 12.1 Å². The molecule has 0 saturated carbocycles. The van der Waals surface area contributed by atoms with Gasteiger partial charge in [-0.2, -0.15) is 0 Å². The highest BCUT2D eigenvalue weighted by atomic mass is 16.3. The number of aliphatic hydroxyl groups is 1. The van der Waals surface area contributed by atoms with Crippen LogP contribution in [0.3, 0.4) is 0 Å². The summed E-state index contributed by atoms with van der Waals surface area (Å²) >= 11 is 0. The maximum Gasteiger partial charge on any atom is 0.115 e. The molecule has 0 aliphatic carbocycles. The zero-order valence-electron chi connectivity index (χ0n) is 9.53. The highest BCUT2D eigenvalue weighted by Crippen LogP contribution is 2.28. The first-order valence-corrected chi connectivity index (χ1v) is 5.48. The van der Waals surface area contributed by atoms with E-state index in [2.05, 4.69) is 13.8 Å². The molecule has 1 atom stereocenters. The SMILES string of the molecule is CCCC(C)(CO)Cc1cccc(O)c1. The molecule has 0 aliphatic heterocycles. The summed E-state index contributed by atoms with van der Waals surface area (Å²) in [5.41, 5.74) is 1.02. The largest absolute Gasteiger partial charge is 0.508 e. The summed E-state index contributed by atoms with van der Waals surface area (Å²) in [6, 6.07) is 7.26. The van der Waals surface area contributed by atoms with E-state index >= 15 is 0 Å². The molecule has 0 spiro atoms. The van der Waals surface area contributed by atoms with Crippen molar-refractivity contribution in [2.75, 3.05) is 6.61 Å². The van der Waals surface area contributed by atoms with Crippen molar-refractivity contribution in [3.8, 4) is 5.75 Å². The first kappa shape index (κ1) is 12.1. The van der Waals surface area contributed by atoms with Gasteiger partial charge < -0.3 is 10.2 Å². The average Bonchev–Trinajstić information content (AvgIpc) is 2.18. The predicted molar refractivity (Wildman–Crippen MR) is 61.9 cm³/mol. The molecule has 1 rings (SSSR count). The van der Waals surface area contributed by atoms with Gasteiger partial charge in [-0.25, -0.2) is 0 Å². The second-order valence-corrected chi connectivity index (χ2v) is 4.57. The van der Waals surface area contributed by atoms with Crippen molar-refractivity contribution < 1.29 is 10.2 Å². The number of phenols is 1. The van der Waals surface area contributed by atoms with Gasteiger partial charge in [0.2, 0.25) is 0 Å². The van der Waals surface area contributed by atoms with Gasteiger partial charge in [-0.1, -0.05) is 32.4 Å². The third kappa shape index (κ3) is 3.56. The fourth-order valence-corrected chi connectivity index (χ4v) is 1.99. The first-order chi connectivity index (χ1) is 7.09. The lowest BCUT2D eigenvalue weighted by Crippen LogP contribution is -2.24. The fourth-order valence-electron chi connectivity index (χ4n) is 1.99. The van der Waals surface area contributed by atoms with Crippen LogP contribution in [0.5, 0.6) is 5.75 Å². The number of phenolic OH excluding ortho intramolecular Hbond substituents is 1. The van der Waals surface area contributed by atoms with Crippen LogP contribution in [0.25, 0.3) is 0 Å². The molecule has 0 saturated heterocycles. The van der Waals surface area contributed by atoms with Crippen LogP contribution in [0.2, 0.25) is 0 Å². The molecule has 0 radical (unpaired) electrons. The fraction of sp³-hybridized carbons (Fsp3) is 0.538. The normalized spacial score (nSPS) is 14.9. The zero-order valence-corrected chi connectivity index (χ0v) is 9.53. The van der Waals surface area contributed by atoms with E-state index in [0.29, 0.717) is 5.75 Å². The molecule has 1 aromatic carbocycles. The maximum absolute atomic E-state index is 9.38. The van der Waals surface area contributed by atoms with Gasteiger partial charge in [0, 0.05) is 6.61 Å². The van der Waals surface area contributed by atoms with Gasteiger partial charge in [0.1, 0.15) is 5.75 Å². The minimum absolute atomic E-state index is 0.0669. The average molecular weight is 208 g/mol. The third-order valence-electron chi connectivity index (χ3n) is 2.78. The van der Waals surface area contributed by atoms with Crippen molar-refractivity contribution in [3.05, 3.63) is 29.8 Å². The summed E-state index contributed by atoms with van der Waals surface area (Å²) in [4.78, 5) is 0. The van der Waals surface area contributed by atoms with Gasteiger partial charge in [0.15, 0.2) is 0 Å². The Labute approximate surface area is 91.6 Å². The summed E-state index contributed by atoms with van der Waals surface area (Å²) in [5.74, 6) is 0.296. The van der Waals surface area contributed by atoms with E-state index in [1.807, 2.05) is 12.1 Å². The lowest BCUT2D eigenvalue weighted by Gasteiger charge is -2.26. The van der Waals surface area contributed by atoms with E-state index in [-0.39, 0.29) is 12.0 Å². The topological polar surface area (TPSA) is 40.5 Å². The summed E-state index contributed by atoms with van der Waals surface area (Å²) in [5, 5.41) is 18.7. The molecule has 0 aliphatic rings. The standard InChI is InChI=1S/C13H20O2/c1-3-7-13(2,10-14)9-11-5-4-6-12(15)8-11/h4-6,8,14-15H,3,7,9-10H2,1-2H3. The smallest absolute Gasteiger partial charge is 0.115 e. The Morgan fingerprint density at radius 1 is 1.33 bits per heavy atom. The molecule has 2 N–H and O–H groups in total. The van der Waals surface area contributed by atoms with Crippen molar-refractivity contribution in [2.24, 2.45) is 5.41 Å². The van der Waals surface area contributed by atoms with Gasteiger partial charge in [-0.05, 0) is 36.0 Å². The van der Waals surface area contributed by atoms with E-state index in [0.717, 1.165) is 24.8 Å². The van der Waals surface area contributed by atoms with Crippen molar-refractivity contribution >= 4 is 0 Å². The van der Waals surface area contributed by atoms with Crippen LogP contribution in [0.4, 0.5) is 0 Å². The van der Waals surface area contributed by atoms with Crippen LogP contribution in [0.15, 0.2) is 24.3 Å². The first-order valence-electron chi connectivity index (χ1n) is 5.48. The monoisotopic (exact) mass is 208 g/mol. The van der Waals surface area contributed by atoms with Crippen LogP contribution in [0.1, 0.15) is 32.3 Å². The molecule has 1 unspecified atom stereocenters. The highest BCUT2D eigenvalue weighted by molar-refractivity contribution is 5.27. The van der Waals surface area contributed by atoms with Crippen molar-refractivity contribution in [3.63, 3.8) is 0 Å². The Morgan fingerprint density at radius 3 is 2.60 bits per heavy atom. The Kier molecular flexibility index (Phi) is 4.15. The molecule has 15 heavy (non-hydrogen) atoms. The summed E-state index contributed by atoms with van der Waals surface area (Å²) in [6.45, 7) is 4.40. The lowest BCUT2D eigenvalue weighted by molar-refractivity contribution is 0.131. The maximum atomic E-state index is 9.38. The van der Waals surface area contributed by atoms with Crippen LogP contribution in [-0.2, 0) is 6.42 Å². The number of benzene rings is 1. The second-order valence-electron chi connectivity index (χ2n) is 4.57. The molecule has 84 valence electrons. The Hall–Kier alpha value is -1.02. The second kappa shape index (κ2) is 5.17. The molecule has 1 aromatic rings. The third-order valence-corrected chi connectivity index (χ3v) is 2.78. The summed E-state index contributed by atoms with van der Waals surface area (Å²) < 4.78 is 0. The molecule has 2 nitrogen and oxygen atoms in total. The molecular formula is C13H20O2. The summed E-state index contributed by atoms with van der Waals surface area (Å²) in [6.07, 6.45) is 2.88.